The quantitative estimate of drug-likeness (QED) is 0.853. The highest BCUT2D eigenvalue weighted by Gasteiger charge is 2.35. The van der Waals surface area contributed by atoms with E-state index in [0.717, 1.165) is 44.1 Å². The van der Waals surface area contributed by atoms with Crippen molar-refractivity contribution in [3.8, 4) is 5.75 Å². The average Bonchev–Trinajstić information content (AvgIpc) is 2.68. The van der Waals surface area contributed by atoms with Crippen LogP contribution in [-0.2, 0) is 9.53 Å². The number of anilines is 2. The van der Waals surface area contributed by atoms with Gasteiger partial charge in [0, 0.05) is 43.5 Å². The van der Waals surface area contributed by atoms with Crippen molar-refractivity contribution in [2.24, 2.45) is 0 Å². The fourth-order valence-electron chi connectivity index (χ4n) is 3.42. The number of ether oxygens (including phenoxy) is 2. The SMILES string of the molecule is Nc1ccc2c(c1)OC(c1ccccc1)C(=O)N2CCN1CCOCC1. The highest BCUT2D eigenvalue weighted by Crippen LogP contribution is 2.39. The van der Waals surface area contributed by atoms with Crippen LogP contribution in [0.4, 0.5) is 11.4 Å². The maximum atomic E-state index is 13.2. The summed E-state index contributed by atoms with van der Waals surface area (Å²) in [5, 5.41) is 0. The maximum absolute atomic E-state index is 13.2. The molecule has 1 saturated heterocycles. The molecule has 2 heterocycles. The number of nitrogens with zero attached hydrogens (tertiary/aromatic N) is 2. The van der Waals surface area contributed by atoms with Crippen LogP contribution in [0.3, 0.4) is 0 Å². The Balaban J connectivity index is 1.61. The summed E-state index contributed by atoms with van der Waals surface area (Å²) in [5.74, 6) is 0.613. The van der Waals surface area contributed by atoms with Crippen LogP contribution < -0.4 is 15.4 Å². The predicted octanol–water partition coefficient (Wildman–Crippen LogP) is 2.07. The molecular formula is C20H23N3O3. The topological polar surface area (TPSA) is 68.0 Å². The highest BCUT2D eigenvalue weighted by atomic mass is 16.5. The minimum absolute atomic E-state index is 0.0401. The number of fused-ring (bicyclic) bond motifs is 1. The summed E-state index contributed by atoms with van der Waals surface area (Å²) < 4.78 is 11.4. The molecule has 0 spiro atoms. The Morgan fingerprint density at radius 1 is 1.04 bits per heavy atom. The van der Waals surface area contributed by atoms with Gasteiger partial charge in [-0.15, -0.1) is 0 Å². The van der Waals surface area contributed by atoms with Gasteiger partial charge in [0.2, 0.25) is 6.10 Å². The van der Waals surface area contributed by atoms with Gasteiger partial charge in [0.05, 0.1) is 18.9 Å². The molecule has 0 aromatic heterocycles. The van der Waals surface area contributed by atoms with Crippen LogP contribution in [0, 0.1) is 0 Å². The lowest BCUT2D eigenvalue weighted by atomic mass is 10.1. The van der Waals surface area contributed by atoms with Crippen molar-refractivity contribution in [1.82, 2.24) is 4.90 Å². The van der Waals surface area contributed by atoms with E-state index in [9.17, 15) is 4.79 Å². The van der Waals surface area contributed by atoms with Gasteiger partial charge in [0.1, 0.15) is 5.75 Å². The van der Waals surface area contributed by atoms with Gasteiger partial charge < -0.3 is 20.1 Å². The first-order chi connectivity index (χ1) is 12.7. The molecule has 26 heavy (non-hydrogen) atoms. The lowest BCUT2D eigenvalue weighted by Gasteiger charge is -2.36. The molecular weight excluding hydrogens is 330 g/mol. The Morgan fingerprint density at radius 3 is 2.58 bits per heavy atom. The van der Waals surface area contributed by atoms with Crippen molar-refractivity contribution in [2.45, 2.75) is 6.10 Å². The molecule has 1 unspecified atom stereocenters. The van der Waals surface area contributed by atoms with Gasteiger partial charge in [-0.25, -0.2) is 0 Å². The number of benzene rings is 2. The first-order valence-corrected chi connectivity index (χ1v) is 8.95. The Kier molecular flexibility index (Phi) is 4.77. The van der Waals surface area contributed by atoms with Gasteiger partial charge in [-0.1, -0.05) is 30.3 Å². The number of morpholine rings is 1. The summed E-state index contributed by atoms with van der Waals surface area (Å²) in [6.45, 7) is 4.71. The third-order valence-corrected chi connectivity index (χ3v) is 4.86. The Hall–Kier alpha value is -2.57. The number of hydrogen-bond acceptors (Lipinski definition) is 5. The number of nitrogens with two attached hydrogens (primary N) is 1. The molecule has 0 bridgehead atoms. The minimum atomic E-state index is -0.643. The van der Waals surface area contributed by atoms with E-state index < -0.39 is 6.10 Å². The first kappa shape index (κ1) is 16.9. The number of carbonyl (C=O) groups excluding carboxylic acids is 1. The van der Waals surface area contributed by atoms with Crippen LogP contribution in [0.5, 0.6) is 5.75 Å². The Morgan fingerprint density at radius 2 is 1.81 bits per heavy atom. The molecule has 6 heteroatoms. The van der Waals surface area contributed by atoms with E-state index >= 15 is 0 Å². The molecule has 136 valence electrons. The van der Waals surface area contributed by atoms with Crippen molar-refractivity contribution < 1.29 is 14.3 Å². The molecule has 6 nitrogen and oxygen atoms in total. The van der Waals surface area contributed by atoms with E-state index in [0.29, 0.717) is 18.0 Å². The molecule has 0 saturated carbocycles. The second kappa shape index (κ2) is 7.35. The monoisotopic (exact) mass is 353 g/mol. The largest absolute Gasteiger partial charge is 0.474 e. The zero-order valence-electron chi connectivity index (χ0n) is 14.6. The van der Waals surface area contributed by atoms with E-state index in [-0.39, 0.29) is 5.91 Å². The summed E-state index contributed by atoms with van der Waals surface area (Å²) in [4.78, 5) is 17.3. The smallest absolute Gasteiger partial charge is 0.272 e. The van der Waals surface area contributed by atoms with Crippen LogP contribution in [0.1, 0.15) is 11.7 Å². The summed E-state index contributed by atoms with van der Waals surface area (Å²) >= 11 is 0. The van der Waals surface area contributed by atoms with Gasteiger partial charge in [0.25, 0.3) is 5.91 Å². The zero-order chi connectivity index (χ0) is 17.9. The molecule has 1 amide bonds. The molecule has 2 aromatic rings. The number of rotatable bonds is 4. The number of nitrogen functional groups attached to an aromatic ring is 1. The molecule has 0 radical (unpaired) electrons. The third kappa shape index (κ3) is 3.38. The zero-order valence-corrected chi connectivity index (χ0v) is 14.6. The van der Waals surface area contributed by atoms with Crippen LogP contribution in [0.25, 0.3) is 0 Å². The van der Waals surface area contributed by atoms with Crippen molar-refractivity contribution in [1.29, 1.82) is 0 Å². The van der Waals surface area contributed by atoms with Gasteiger partial charge in [-0.2, -0.15) is 0 Å². The Labute approximate surface area is 153 Å². The molecule has 1 fully saturated rings. The number of hydrogen-bond donors (Lipinski definition) is 1. The van der Waals surface area contributed by atoms with Crippen molar-refractivity contribution >= 4 is 17.3 Å². The molecule has 1 atom stereocenters. The predicted molar refractivity (Wildman–Crippen MR) is 100 cm³/mol. The van der Waals surface area contributed by atoms with Crippen molar-refractivity contribution in [3.63, 3.8) is 0 Å². The average molecular weight is 353 g/mol. The maximum Gasteiger partial charge on any atom is 0.272 e. The van der Waals surface area contributed by atoms with Crippen molar-refractivity contribution in [3.05, 3.63) is 54.1 Å². The van der Waals surface area contributed by atoms with Crippen molar-refractivity contribution in [2.75, 3.05) is 50.0 Å². The van der Waals surface area contributed by atoms with Gasteiger partial charge in [-0.3, -0.25) is 9.69 Å². The van der Waals surface area contributed by atoms with Crippen LogP contribution in [0.2, 0.25) is 0 Å². The molecule has 2 aliphatic rings. The van der Waals surface area contributed by atoms with E-state index in [4.69, 9.17) is 15.2 Å². The summed E-state index contributed by atoms with van der Waals surface area (Å²) in [6.07, 6.45) is -0.643. The molecule has 4 rings (SSSR count). The van der Waals surface area contributed by atoms with Gasteiger partial charge in [0.15, 0.2) is 0 Å². The molecule has 0 aliphatic carbocycles. The second-order valence-corrected chi connectivity index (χ2v) is 6.58. The van der Waals surface area contributed by atoms with Crippen LogP contribution in [0.15, 0.2) is 48.5 Å². The van der Waals surface area contributed by atoms with E-state index in [2.05, 4.69) is 4.90 Å². The first-order valence-electron chi connectivity index (χ1n) is 8.95. The lowest BCUT2D eigenvalue weighted by molar-refractivity contribution is -0.126. The molecule has 2 aromatic carbocycles. The fourth-order valence-corrected chi connectivity index (χ4v) is 3.42. The standard InChI is InChI=1S/C20H23N3O3/c21-16-6-7-17-18(14-16)26-19(15-4-2-1-3-5-15)20(24)23(17)9-8-22-10-12-25-13-11-22/h1-7,14,19H,8-13,21H2. The van der Waals surface area contributed by atoms with Crippen LogP contribution >= 0.6 is 0 Å². The van der Waals surface area contributed by atoms with E-state index in [1.807, 2.05) is 41.3 Å². The van der Waals surface area contributed by atoms with Crippen LogP contribution in [-0.4, -0.2) is 50.2 Å². The van der Waals surface area contributed by atoms with Gasteiger partial charge in [-0.05, 0) is 12.1 Å². The summed E-state index contributed by atoms with van der Waals surface area (Å²) in [6, 6.07) is 15.1. The fraction of sp³-hybridized carbons (Fsp3) is 0.350. The Bertz CT molecular complexity index is 775. The van der Waals surface area contributed by atoms with E-state index in [1.54, 1.807) is 12.1 Å². The number of carbonyl (C=O) groups is 1. The molecule has 2 aliphatic heterocycles. The lowest BCUT2D eigenvalue weighted by Crippen LogP contribution is -2.47. The summed E-state index contributed by atoms with van der Waals surface area (Å²) in [7, 11) is 0. The molecule has 2 N–H and O–H groups in total. The third-order valence-electron chi connectivity index (χ3n) is 4.86. The normalized spacial score (nSPS) is 20.5. The number of amides is 1. The van der Waals surface area contributed by atoms with Gasteiger partial charge >= 0.3 is 0 Å². The highest BCUT2D eigenvalue weighted by molar-refractivity contribution is 6.00. The van der Waals surface area contributed by atoms with E-state index in [1.165, 1.54) is 0 Å². The second-order valence-electron chi connectivity index (χ2n) is 6.58. The minimum Gasteiger partial charge on any atom is -0.474 e. The summed E-state index contributed by atoms with van der Waals surface area (Å²) in [5.41, 5.74) is 8.19.